The molecule has 0 spiro atoms. The Morgan fingerprint density at radius 1 is 1.00 bits per heavy atom. The molecule has 2 aliphatic carbocycles. The predicted octanol–water partition coefficient (Wildman–Crippen LogP) is 5.13. The summed E-state index contributed by atoms with van der Waals surface area (Å²) in [5, 5.41) is 14.9. The molecular formula is C23H29NO. The summed E-state index contributed by atoms with van der Waals surface area (Å²) in [5.41, 5.74) is 2.67. The first kappa shape index (κ1) is 16.7. The Bertz CT molecular complexity index is 711. The Kier molecular flexibility index (Phi) is 4.11. The molecule has 0 saturated heterocycles. The maximum Gasteiger partial charge on any atom is 0.0625 e. The van der Waals surface area contributed by atoms with Crippen molar-refractivity contribution in [2.45, 2.75) is 39.3 Å². The first-order valence-corrected chi connectivity index (χ1v) is 9.54. The van der Waals surface area contributed by atoms with Crippen molar-refractivity contribution in [3.05, 3.63) is 66.2 Å². The molecule has 6 atom stereocenters. The summed E-state index contributed by atoms with van der Waals surface area (Å²) in [6.45, 7) is 7.11. The van der Waals surface area contributed by atoms with Crippen LogP contribution >= 0.6 is 0 Å². The van der Waals surface area contributed by atoms with E-state index >= 15 is 0 Å². The number of para-hydroxylation sites is 1. The number of nitrogens with one attached hydrogen (secondary N) is 1. The van der Waals surface area contributed by atoms with Gasteiger partial charge in [0.25, 0.3) is 0 Å². The van der Waals surface area contributed by atoms with Crippen molar-refractivity contribution in [3.8, 4) is 0 Å². The highest BCUT2D eigenvalue weighted by atomic mass is 16.3. The van der Waals surface area contributed by atoms with Gasteiger partial charge in [-0.3, -0.25) is 0 Å². The number of aliphatic hydroxyl groups is 1. The van der Waals surface area contributed by atoms with Gasteiger partial charge in [0.2, 0.25) is 0 Å². The van der Waals surface area contributed by atoms with Crippen LogP contribution in [0.15, 0.2) is 60.7 Å². The van der Waals surface area contributed by atoms with E-state index in [0.29, 0.717) is 17.8 Å². The van der Waals surface area contributed by atoms with Crippen molar-refractivity contribution in [3.63, 3.8) is 0 Å². The van der Waals surface area contributed by atoms with Crippen LogP contribution in [0.25, 0.3) is 0 Å². The predicted molar refractivity (Wildman–Crippen MR) is 103 cm³/mol. The van der Waals surface area contributed by atoms with Gasteiger partial charge < -0.3 is 10.4 Å². The summed E-state index contributed by atoms with van der Waals surface area (Å²) < 4.78 is 0. The van der Waals surface area contributed by atoms with E-state index in [1.807, 2.05) is 6.07 Å². The molecule has 4 rings (SSSR count). The normalized spacial score (nSPS) is 34.0. The average molecular weight is 335 g/mol. The summed E-state index contributed by atoms with van der Waals surface area (Å²) in [5.74, 6) is 1.80. The van der Waals surface area contributed by atoms with Crippen LogP contribution < -0.4 is 5.32 Å². The third-order valence-corrected chi connectivity index (χ3v) is 7.23. The van der Waals surface area contributed by atoms with Crippen molar-refractivity contribution < 1.29 is 5.11 Å². The van der Waals surface area contributed by atoms with Crippen LogP contribution in [0.1, 0.15) is 38.8 Å². The molecule has 2 aliphatic rings. The zero-order valence-electron chi connectivity index (χ0n) is 15.4. The van der Waals surface area contributed by atoms with E-state index in [1.165, 1.54) is 5.56 Å². The number of aliphatic hydroxyl groups excluding tert-OH is 1. The fourth-order valence-corrected chi connectivity index (χ4v) is 5.51. The molecule has 0 heterocycles. The highest BCUT2D eigenvalue weighted by molar-refractivity contribution is 5.46. The molecule has 2 aromatic carbocycles. The van der Waals surface area contributed by atoms with Crippen molar-refractivity contribution >= 4 is 5.69 Å². The van der Waals surface area contributed by atoms with E-state index in [0.717, 1.165) is 12.1 Å². The lowest BCUT2D eigenvalue weighted by molar-refractivity contribution is -0.0332. The van der Waals surface area contributed by atoms with Crippen LogP contribution in [-0.2, 0) is 0 Å². The Labute approximate surface area is 151 Å². The fourth-order valence-electron chi connectivity index (χ4n) is 5.51. The smallest absolute Gasteiger partial charge is 0.0625 e. The van der Waals surface area contributed by atoms with Crippen molar-refractivity contribution in [1.29, 1.82) is 0 Å². The quantitative estimate of drug-likeness (QED) is 0.812. The standard InChI is InChI=1S/C23H29NO/c1-15-18-14-19(23(15,2)3)20(22(18)25)21(16-10-6-4-7-11-16)24-17-12-8-5-9-13-17/h4-13,15,18-22,24-25H,14H2,1-3H3/t15-,18+,19+,20-,21-,22-/m1/s1. The van der Waals surface area contributed by atoms with Crippen molar-refractivity contribution in [2.24, 2.45) is 29.1 Å². The van der Waals surface area contributed by atoms with Crippen LogP contribution in [-0.4, -0.2) is 11.2 Å². The molecule has 2 fully saturated rings. The Hall–Kier alpha value is -1.80. The summed E-state index contributed by atoms with van der Waals surface area (Å²) in [6, 6.07) is 21.2. The van der Waals surface area contributed by atoms with Crippen LogP contribution in [0.5, 0.6) is 0 Å². The van der Waals surface area contributed by atoms with Crippen LogP contribution in [0.4, 0.5) is 5.69 Å². The van der Waals surface area contributed by atoms with Gasteiger partial charge in [-0.2, -0.15) is 0 Å². The second kappa shape index (κ2) is 6.17. The zero-order valence-corrected chi connectivity index (χ0v) is 15.4. The lowest BCUT2D eigenvalue weighted by Gasteiger charge is -2.46. The number of anilines is 1. The SMILES string of the molecule is C[C@@H]1[C@@H]2C[C@@H]([C@H]([C@H](Nc3ccccc3)c3ccccc3)[C@@H]2O)C1(C)C. The first-order valence-electron chi connectivity index (χ1n) is 9.54. The van der Waals surface area contributed by atoms with Gasteiger partial charge in [-0.25, -0.2) is 0 Å². The molecule has 2 saturated carbocycles. The van der Waals surface area contributed by atoms with Crippen LogP contribution in [0, 0.1) is 29.1 Å². The largest absolute Gasteiger partial charge is 0.392 e. The van der Waals surface area contributed by atoms with Gasteiger partial charge in [0.05, 0.1) is 12.1 Å². The van der Waals surface area contributed by atoms with Crippen molar-refractivity contribution in [2.75, 3.05) is 5.32 Å². The molecule has 132 valence electrons. The molecular weight excluding hydrogens is 306 g/mol. The van der Waals surface area contributed by atoms with Gasteiger partial charge in [0.1, 0.15) is 0 Å². The molecule has 0 unspecified atom stereocenters. The van der Waals surface area contributed by atoms with Crippen LogP contribution in [0.2, 0.25) is 0 Å². The molecule has 2 N–H and O–H groups in total. The first-order chi connectivity index (χ1) is 12.0. The van der Waals surface area contributed by atoms with E-state index in [2.05, 4.69) is 80.7 Å². The second-order valence-electron chi connectivity index (χ2n) is 8.58. The Balaban J connectivity index is 1.71. The minimum absolute atomic E-state index is 0.139. The van der Waals surface area contributed by atoms with Gasteiger partial charge >= 0.3 is 0 Å². The van der Waals surface area contributed by atoms with Gasteiger partial charge in [-0.05, 0) is 47.3 Å². The molecule has 25 heavy (non-hydrogen) atoms. The van der Waals surface area contributed by atoms with Crippen LogP contribution in [0.3, 0.4) is 0 Å². The second-order valence-corrected chi connectivity index (χ2v) is 8.58. The monoisotopic (exact) mass is 335 g/mol. The summed E-state index contributed by atoms with van der Waals surface area (Å²) in [6.07, 6.45) is 0.925. The lowest BCUT2D eigenvalue weighted by Crippen LogP contribution is -2.46. The number of benzene rings is 2. The van der Waals surface area contributed by atoms with Gasteiger partial charge in [-0.1, -0.05) is 69.3 Å². The zero-order chi connectivity index (χ0) is 17.6. The molecule has 0 aliphatic heterocycles. The maximum absolute atomic E-state index is 11.2. The average Bonchev–Trinajstić information content (AvgIpc) is 3.08. The molecule has 2 nitrogen and oxygen atoms in total. The van der Waals surface area contributed by atoms with E-state index in [-0.39, 0.29) is 23.5 Å². The summed E-state index contributed by atoms with van der Waals surface area (Å²) >= 11 is 0. The third kappa shape index (κ3) is 2.67. The lowest BCUT2D eigenvalue weighted by atomic mass is 9.62. The highest BCUT2D eigenvalue weighted by Crippen LogP contribution is 2.64. The van der Waals surface area contributed by atoms with Gasteiger partial charge in [0, 0.05) is 11.6 Å². The number of hydrogen-bond donors (Lipinski definition) is 2. The number of hydrogen-bond acceptors (Lipinski definition) is 2. The van der Waals surface area contributed by atoms with Crippen molar-refractivity contribution in [1.82, 2.24) is 0 Å². The molecule has 0 amide bonds. The Morgan fingerprint density at radius 2 is 1.60 bits per heavy atom. The topological polar surface area (TPSA) is 32.3 Å². The molecule has 0 radical (unpaired) electrons. The number of rotatable bonds is 4. The highest BCUT2D eigenvalue weighted by Gasteiger charge is 2.61. The summed E-state index contributed by atoms with van der Waals surface area (Å²) in [7, 11) is 0. The minimum atomic E-state index is -0.227. The van der Waals surface area contributed by atoms with Gasteiger partial charge in [-0.15, -0.1) is 0 Å². The Morgan fingerprint density at radius 3 is 2.20 bits per heavy atom. The van der Waals surface area contributed by atoms with Gasteiger partial charge in [0.15, 0.2) is 0 Å². The summed E-state index contributed by atoms with van der Waals surface area (Å²) in [4.78, 5) is 0. The molecule has 2 bridgehead atoms. The molecule has 2 aromatic rings. The molecule has 0 aromatic heterocycles. The van der Waals surface area contributed by atoms with E-state index < -0.39 is 0 Å². The number of fused-ring (bicyclic) bond motifs is 2. The van der Waals surface area contributed by atoms with E-state index in [4.69, 9.17) is 0 Å². The molecule has 2 heteroatoms. The third-order valence-electron chi connectivity index (χ3n) is 7.23. The fraction of sp³-hybridized carbons (Fsp3) is 0.478. The maximum atomic E-state index is 11.2. The van der Waals surface area contributed by atoms with E-state index in [9.17, 15) is 5.11 Å². The van der Waals surface area contributed by atoms with E-state index in [1.54, 1.807) is 0 Å². The minimum Gasteiger partial charge on any atom is -0.392 e.